The zero-order valence-electron chi connectivity index (χ0n) is 56.0. The predicted molar refractivity (Wildman–Crippen MR) is 426 cm³/mol. The number of rotatable bonds is 15. The molecular formula is C99H67FN2. The maximum Gasteiger partial charge on any atom is 0.123 e. The Morgan fingerprint density at radius 3 is 1.02 bits per heavy atom. The van der Waals surface area contributed by atoms with E-state index in [0.29, 0.717) is 0 Å². The Bertz CT molecular complexity index is 5820. The molecule has 18 rings (SSSR count). The Balaban J connectivity index is 0.735. The molecule has 2 nitrogen and oxygen atoms in total. The van der Waals surface area contributed by atoms with Gasteiger partial charge in [-0.15, -0.1) is 0 Å². The van der Waals surface area contributed by atoms with Crippen molar-refractivity contribution < 1.29 is 4.39 Å². The molecule has 17 aromatic carbocycles. The molecule has 0 unspecified atom stereocenters. The molecule has 0 fully saturated rings. The van der Waals surface area contributed by atoms with Crippen LogP contribution < -0.4 is 9.80 Å². The Kier molecular flexibility index (Phi) is 15.7. The van der Waals surface area contributed by atoms with Gasteiger partial charge in [-0.3, -0.25) is 0 Å². The number of hydrogen-bond acceptors (Lipinski definition) is 2. The Hall–Kier alpha value is -13.2. The number of nitrogens with zero attached hydrogens (tertiary/aromatic N) is 2. The third kappa shape index (κ3) is 10.9. The summed E-state index contributed by atoms with van der Waals surface area (Å²) < 4.78 is 15.1. The minimum atomic E-state index is -0.758. The third-order valence-corrected chi connectivity index (χ3v) is 20.6. The number of anilines is 6. The van der Waals surface area contributed by atoms with Gasteiger partial charge in [-0.1, -0.05) is 315 Å². The van der Waals surface area contributed by atoms with Gasteiger partial charge in [0.2, 0.25) is 0 Å². The summed E-state index contributed by atoms with van der Waals surface area (Å²) in [5, 5.41) is 4.77. The predicted octanol–water partition coefficient (Wildman–Crippen LogP) is 27.1. The fourth-order valence-electron chi connectivity index (χ4n) is 15.9. The summed E-state index contributed by atoms with van der Waals surface area (Å²) in [6.07, 6.45) is 0. The fourth-order valence-corrected chi connectivity index (χ4v) is 15.9. The number of hydrogen-bond donors (Lipinski definition) is 0. The largest absolute Gasteiger partial charge is 0.311 e. The monoisotopic (exact) mass is 1300 g/mol. The summed E-state index contributed by atoms with van der Waals surface area (Å²) in [7, 11) is 0. The smallest absolute Gasteiger partial charge is 0.123 e. The molecule has 0 heterocycles. The summed E-state index contributed by atoms with van der Waals surface area (Å²) in [5.41, 5.74) is 28.6. The SMILES string of the molecule is Fc1ccc(N(c2ccc(-c3cccc4cccc(-c5ccccc5)c34)cc2)c2ccc3c(c2)C(c2ccccc2)(c2ccccc2)c2cc(-c4ccc(-c5ccccc5)c5c(-c6ccc(-c7ccc(N(c8ccccc8)c8ccc(-c9ccccc9)cc8)cc7)cc6)cccc45)ccc2-3)cc1. The van der Waals surface area contributed by atoms with Crippen molar-refractivity contribution in [3.05, 3.63) is 435 Å². The van der Waals surface area contributed by atoms with Gasteiger partial charge in [0.15, 0.2) is 0 Å². The lowest BCUT2D eigenvalue weighted by atomic mass is 9.67. The van der Waals surface area contributed by atoms with Gasteiger partial charge in [-0.05, 0) is 224 Å². The normalized spacial score (nSPS) is 12.0. The van der Waals surface area contributed by atoms with Crippen LogP contribution in [0.2, 0.25) is 0 Å². The van der Waals surface area contributed by atoms with Crippen molar-refractivity contribution in [2.75, 3.05) is 9.80 Å². The molecular weight excluding hydrogens is 1240 g/mol. The van der Waals surface area contributed by atoms with Crippen molar-refractivity contribution in [3.8, 4) is 89.0 Å². The van der Waals surface area contributed by atoms with Gasteiger partial charge in [-0.25, -0.2) is 4.39 Å². The van der Waals surface area contributed by atoms with Crippen molar-refractivity contribution in [3.63, 3.8) is 0 Å². The van der Waals surface area contributed by atoms with Gasteiger partial charge < -0.3 is 9.80 Å². The fraction of sp³-hybridized carbons (Fsp3) is 0.0101. The molecule has 0 N–H and O–H groups in total. The van der Waals surface area contributed by atoms with Gasteiger partial charge >= 0.3 is 0 Å². The van der Waals surface area contributed by atoms with Crippen LogP contribution in [-0.4, -0.2) is 0 Å². The Labute approximate surface area is 595 Å². The van der Waals surface area contributed by atoms with E-state index in [1.54, 1.807) is 12.1 Å². The van der Waals surface area contributed by atoms with Crippen molar-refractivity contribution in [1.29, 1.82) is 0 Å². The van der Waals surface area contributed by atoms with Crippen LogP contribution in [0.25, 0.3) is 111 Å². The quantitative estimate of drug-likeness (QED) is 0.101. The van der Waals surface area contributed by atoms with Crippen LogP contribution in [0.3, 0.4) is 0 Å². The molecule has 17 aromatic rings. The maximum absolute atomic E-state index is 15.1. The molecule has 1 aliphatic rings. The van der Waals surface area contributed by atoms with Crippen molar-refractivity contribution in [2.45, 2.75) is 5.41 Å². The van der Waals surface area contributed by atoms with Crippen LogP contribution >= 0.6 is 0 Å². The maximum atomic E-state index is 15.1. The molecule has 0 radical (unpaired) electrons. The van der Waals surface area contributed by atoms with Crippen LogP contribution in [-0.2, 0) is 5.41 Å². The molecule has 0 saturated carbocycles. The van der Waals surface area contributed by atoms with E-state index in [-0.39, 0.29) is 5.82 Å². The molecule has 1 aliphatic carbocycles. The average Bonchev–Trinajstić information content (AvgIpc) is 1.54. The molecule has 102 heavy (non-hydrogen) atoms. The minimum Gasteiger partial charge on any atom is -0.311 e. The second-order valence-electron chi connectivity index (χ2n) is 26.4. The van der Waals surface area contributed by atoms with Crippen LogP contribution in [0.4, 0.5) is 38.5 Å². The lowest BCUT2D eigenvalue weighted by molar-refractivity contribution is 0.628. The first-order valence-corrected chi connectivity index (χ1v) is 35.0. The van der Waals surface area contributed by atoms with E-state index in [1.165, 1.54) is 82.7 Å². The van der Waals surface area contributed by atoms with Gasteiger partial charge in [0.1, 0.15) is 5.82 Å². The summed E-state index contributed by atoms with van der Waals surface area (Å²) in [6, 6.07) is 146. The molecule has 0 aliphatic heterocycles. The molecule has 3 heteroatoms. The molecule has 480 valence electrons. The van der Waals surface area contributed by atoms with E-state index in [9.17, 15) is 0 Å². The molecule has 0 aromatic heterocycles. The molecule has 0 spiro atoms. The number of para-hydroxylation sites is 1. The van der Waals surface area contributed by atoms with Crippen molar-refractivity contribution >= 4 is 55.7 Å². The lowest BCUT2D eigenvalue weighted by Gasteiger charge is -2.35. The number of fused-ring (bicyclic) bond motifs is 5. The highest BCUT2D eigenvalue weighted by Crippen LogP contribution is 2.59. The van der Waals surface area contributed by atoms with E-state index in [1.807, 2.05) is 12.1 Å². The van der Waals surface area contributed by atoms with E-state index >= 15 is 4.39 Å². The summed E-state index contributed by atoms with van der Waals surface area (Å²) >= 11 is 0. The summed E-state index contributed by atoms with van der Waals surface area (Å²) in [6.45, 7) is 0. The lowest BCUT2D eigenvalue weighted by Crippen LogP contribution is -2.28. The highest BCUT2D eigenvalue weighted by atomic mass is 19.1. The first-order chi connectivity index (χ1) is 50.5. The average molecular weight is 1300 g/mol. The van der Waals surface area contributed by atoms with Crippen LogP contribution in [0.5, 0.6) is 0 Å². The van der Waals surface area contributed by atoms with E-state index < -0.39 is 5.41 Å². The number of benzene rings is 17. The Morgan fingerprint density at radius 1 is 0.196 bits per heavy atom. The van der Waals surface area contributed by atoms with E-state index in [2.05, 4.69) is 392 Å². The summed E-state index contributed by atoms with van der Waals surface area (Å²) in [5.74, 6) is -0.285. The van der Waals surface area contributed by atoms with Crippen molar-refractivity contribution in [2.24, 2.45) is 0 Å². The van der Waals surface area contributed by atoms with E-state index in [0.717, 1.165) is 84.2 Å². The van der Waals surface area contributed by atoms with Gasteiger partial charge in [0, 0.05) is 34.1 Å². The zero-order chi connectivity index (χ0) is 67.9. The first kappa shape index (κ1) is 61.1. The number of halogens is 1. The second kappa shape index (κ2) is 26.2. The van der Waals surface area contributed by atoms with Gasteiger partial charge in [0.25, 0.3) is 0 Å². The minimum absolute atomic E-state index is 0.285. The van der Waals surface area contributed by atoms with E-state index in [4.69, 9.17) is 0 Å². The molecule has 0 bridgehead atoms. The highest BCUT2D eigenvalue weighted by molar-refractivity contribution is 6.13. The molecule has 0 saturated heterocycles. The molecule has 0 atom stereocenters. The third-order valence-electron chi connectivity index (χ3n) is 20.6. The molecule has 0 amide bonds. The van der Waals surface area contributed by atoms with Gasteiger partial charge in [-0.2, -0.15) is 0 Å². The van der Waals surface area contributed by atoms with Crippen molar-refractivity contribution in [1.82, 2.24) is 0 Å². The van der Waals surface area contributed by atoms with Gasteiger partial charge in [0.05, 0.1) is 5.41 Å². The van der Waals surface area contributed by atoms with Crippen LogP contribution in [0.1, 0.15) is 22.3 Å². The van der Waals surface area contributed by atoms with Crippen LogP contribution in [0, 0.1) is 5.82 Å². The Morgan fingerprint density at radius 2 is 0.510 bits per heavy atom. The standard InChI is InChI=1S/C99H67FN2/c100-80-51-59-85(60-52-80)102(84-57-48-75(49-58-84)89-37-20-29-76-28-19-36-88(97(76)89)72-24-9-2-10-25-72)86-61-63-93-92-62-50-77(66-95(92)99(96(93)67-86,78-30-13-4-14-31-78)79-32-15-5-16-33-79)87-64-65-91(73-26-11-3-12-27-73)98-90(38-21-39-94(87)98)74-42-40-69(41-43-74)71-46-55-83(56-47-71)101(81-34-17-6-18-35-81)82-53-44-70(45-54-82)68-22-7-1-8-23-68/h1-67H. The zero-order valence-corrected chi connectivity index (χ0v) is 56.0. The topological polar surface area (TPSA) is 6.48 Å². The summed E-state index contributed by atoms with van der Waals surface area (Å²) in [4.78, 5) is 4.59. The highest BCUT2D eigenvalue weighted by Gasteiger charge is 2.47. The van der Waals surface area contributed by atoms with Crippen LogP contribution in [0.15, 0.2) is 406 Å². The first-order valence-electron chi connectivity index (χ1n) is 35.0. The second-order valence-corrected chi connectivity index (χ2v) is 26.4.